The Bertz CT molecular complexity index is 404. The number of guanidine groups is 1. The number of hydrogen-bond acceptors (Lipinski definition) is 3. The Labute approximate surface area is 143 Å². The van der Waals surface area contributed by atoms with Crippen LogP contribution in [0, 0.1) is 12.8 Å². The number of hydrogen-bond donors (Lipinski definition) is 2. The Morgan fingerprint density at radius 2 is 2.10 bits per heavy atom. The minimum Gasteiger partial charge on any atom is -0.370 e. The lowest BCUT2D eigenvalue weighted by molar-refractivity contribution is 0.493. The molecular formula is C14H27IN4S. The largest absolute Gasteiger partial charge is 0.370 e. The number of nitrogens with one attached hydrogen (secondary N) is 1. The average molecular weight is 410 g/mol. The Balaban J connectivity index is 0.00000361. The number of nitrogens with zero attached hydrogens (tertiary/aromatic N) is 2. The van der Waals surface area contributed by atoms with Gasteiger partial charge in [0.1, 0.15) is 0 Å². The van der Waals surface area contributed by atoms with Crippen molar-refractivity contribution in [3.63, 3.8) is 0 Å². The molecule has 1 aromatic rings. The first-order valence-electron chi connectivity index (χ1n) is 6.94. The first-order chi connectivity index (χ1) is 8.99. The molecule has 1 rings (SSSR count). The standard InChI is InChI=1S/C14H26N4S.HI/c1-10(2)6-5-7-11(3)18-14(15)16-8-13-12(4)17-9-19-13;/h9-11H,5-8H2,1-4H3,(H3,15,16,18);1H. The zero-order valence-electron chi connectivity index (χ0n) is 12.8. The maximum absolute atomic E-state index is 5.90. The van der Waals surface area contributed by atoms with E-state index in [1.165, 1.54) is 17.7 Å². The van der Waals surface area contributed by atoms with E-state index >= 15 is 0 Å². The molecule has 1 heterocycles. The normalized spacial score (nSPS) is 13.2. The van der Waals surface area contributed by atoms with Gasteiger partial charge >= 0.3 is 0 Å². The highest BCUT2D eigenvalue weighted by Crippen LogP contribution is 2.13. The first-order valence-corrected chi connectivity index (χ1v) is 7.82. The van der Waals surface area contributed by atoms with Crippen LogP contribution in [-0.4, -0.2) is 17.0 Å². The van der Waals surface area contributed by atoms with Gasteiger partial charge in [-0.3, -0.25) is 0 Å². The molecule has 1 unspecified atom stereocenters. The highest BCUT2D eigenvalue weighted by atomic mass is 127. The van der Waals surface area contributed by atoms with Crippen LogP contribution in [0.5, 0.6) is 0 Å². The van der Waals surface area contributed by atoms with E-state index in [2.05, 4.69) is 36.1 Å². The second-order valence-electron chi connectivity index (χ2n) is 5.43. The second-order valence-corrected chi connectivity index (χ2v) is 6.37. The van der Waals surface area contributed by atoms with Crippen molar-refractivity contribution in [3.05, 3.63) is 16.1 Å². The summed E-state index contributed by atoms with van der Waals surface area (Å²) in [5, 5.41) is 3.25. The Morgan fingerprint density at radius 1 is 1.40 bits per heavy atom. The molecular weight excluding hydrogens is 383 g/mol. The van der Waals surface area contributed by atoms with Crippen molar-refractivity contribution >= 4 is 41.3 Å². The Hall–Kier alpha value is -0.370. The van der Waals surface area contributed by atoms with Gasteiger partial charge in [0.05, 0.1) is 17.7 Å². The fourth-order valence-corrected chi connectivity index (χ4v) is 2.54. The maximum Gasteiger partial charge on any atom is 0.189 e. The predicted molar refractivity (Wildman–Crippen MR) is 98.9 cm³/mol. The van der Waals surface area contributed by atoms with Gasteiger partial charge in [-0.25, -0.2) is 9.98 Å². The van der Waals surface area contributed by atoms with Crippen molar-refractivity contribution in [2.24, 2.45) is 16.6 Å². The number of thiazole rings is 1. The van der Waals surface area contributed by atoms with Crippen LogP contribution in [0.3, 0.4) is 0 Å². The van der Waals surface area contributed by atoms with E-state index in [9.17, 15) is 0 Å². The minimum absolute atomic E-state index is 0. The number of aryl methyl sites for hydroxylation is 1. The lowest BCUT2D eigenvalue weighted by Crippen LogP contribution is -2.38. The molecule has 116 valence electrons. The van der Waals surface area contributed by atoms with Crippen molar-refractivity contribution in [1.82, 2.24) is 10.3 Å². The number of aromatic nitrogens is 1. The summed E-state index contributed by atoms with van der Waals surface area (Å²) in [5.74, 6) is 1.30. The predicted octanol–water partition coefficient (Wildman–Crippen LogP) is 3.69. The van der Waals surface area contributed by atoms with Crippen molar-refractivity contribution in [1.29, 1.82) is 0 Å². The van der Waals surface area contributed by atoms with Crippen molar-refractivity contribution in [3.8, 4) is 0 Å². The fraction of sp³-hybridized carbons (Fsp3) is 0.714. The van der Waals surface area contributed by atoms with Crippen LogP contribution in [0.1, 0.15) is 50.6 Å². The molecule has 0 radical (unpaired) electrons. The molecule has 0 bridgehead atoms. The first kappa shape index (κ1) is 19.6. The lowest BCUT2D eigenvalue weighted by Gasteiger charge is -2.14. The summed E-state index contributed by atoms with van der Waals surface area (Å²) in [7, 11) is 0. The van der Waals surface area contributed by atoms with Gasteiger partial charge in [-0.1, -0.05) is 26.7 Å². The summed E-state index contributed by atoms with van der Waals surface area (Å²) in [6, 6.07) is 0.380. The van der Waals surface area contributed by atoms with Crippen LogP contribution in [0.15, 0.2) is 10.5 Å². The molecule has 0 fully saturated rings. The minimum atomic E-state index is 0. The molecule has 1 aromatic heterocycles. The third kappa shape index (κ3) is 8.04. The maximum atomic E-state index is 5.90. The van der Waals surface area contributed by atoms with Gasteiger partial charge in [-0.2, -0.15) is 0 Å². The number of nitrogens with two attached hydrogens (primary N) is 1. The average Bonchev–Trinajstić information content (AvgIpc) is 2.71. The molecule has 3 N–H and O–H groups in total. The molecule has 1 atom stereocenters. The Kier molecular flexibility index (Phi) is 10.2. The Morgan fingerprint density at radius 3 is 2.65 bits per heavy atom. The summed E-state index contributed by atoms with van der Waals surface area (Å²) in [6.45, 7) is 9.28. The van der Waals surface area contributed by atoms with Gasteiger partial charge in [-0.15, -0.1) is 35.3 Å². The molecule has 0 saturated heterocycles. The van der Waals surface area contributed by atoms with E-state index in [1.807, 2.05) is 12.4 Å². The molecule has 0 spiro atoms. The molecule has 0 aliphatic rings. The summed E-state index contributed by atoms with van der Waals surface area (Å²) in [6.07, 6.45) is 3.63. The molecule has 0 aliphatic heterocycles. The van der Waals surface area contributed by atoms with E-state index in [-0.39, 0.29) is 24.0 Å². The highest BCUT2D eigenvalue weighted by Gasteiger charge is 2.04. The summed E-state index contributed by atoms with van der Waals surface area (Å²) in [5.41, 5.74) is 8.79. The van der Waals surface area contributed by atoms with Crippen molar-refractivity contribution in [2.75, 3.05) is 0 Å². The molecule has 0 amide bonds. The van der Waals surface area contributed by atoms with Gasteiger partial charge < -0.3 is 11.1 Å². The quantitative estimate of drug-likeness (QED) is 0.410. The third-order valence-corrected chi connectivity index (χ3v) is 3.97. The van der Waals surface area contributed by atoms with Gasteiger partial charge in [0.2, 0.25) is 0 Å². The molecule has 0 saturated carbocycles. The SMILES string of the molecule is Cc1ncsc1CN=C(N)NC(C)CCCC(C)C.I. The zero-order chi connectivity index (χ0) is 14.3. The number of halogens is 1. The van der Waals surface area contributed by atoms with Gasteiger partial charge in [0, 0.05) is 10.9 Å². The van der Waals surface area contributed by atoms with Crippen LogP contribution in [-0.2, 0) is 6.54 Å². The highest BCUT2D eigenvalue weighted by molar-refractivity contribution is 14.0. The van der Waals surface area contributed by atoms with Crippen LogP contribution < -0.4 is 11.1 Å². The van der Waals surface area contributed by atoms with Crippen molar-refractivity contribution in [2.45, 2.75) is 59.5 Å². The molecule has 20 heavy (non-hydrogen) atoms. The second kappa shape index (κ2) is 10.4. The van der Waals surface area contributed by atoms with E-state index in [0.29, 0.717) is 18.5 Å². The smallest absolute Gasteiger partial charge is 0.189 e. The van der Waals surface area contributed by atoms with Gasteiger partial charge in [0.15, 0.2) is 5.96 Å². The fourth-order valence-electron chi connectivity index (χ4n) is 1.84. The van der Waals surface area contributed by atoms with Crippen LogP contribution >= 0.6 is 35.3 Å². The molecule has 0 aliphatic carbocycles. The van der Waals surface area contributed by atoms with E-state index < -0.39 is 0 Å². The van der Waals surface area contributed by atoms with E-state index in [1.54, 1.807) is 11.3 Å². The zero-order valence-corrected chi connectivity index (χ0v) is 16.0. The summed E-state index contributed by atoms with van der Waals surface area (Å²) in [4.78, 5) is 9.74. The monoisotopic (exact) mass is 410 g/mol. The van der Waals surface area contributed by atoms with Gasteiger partial charge in [0.25, 0.3) is 0 Å². The van der Waals surface area contributed by atoms with Crippen LogP contribution in [0.25, 0.3) is 0 Å². The summed E-state index contributed by atoms with van der Waals surface area (Å²) < 4.78 is 0. The third-order valence-electron chi connectivity index (χ3n) is 3.05. The molecule has 0 aromatic carbocycles. The summed E-state index contributed by atoms with van der Waals surface area (Å²) >= 11 is 1.63. The molecule has 4 nitrogen and oxygen atoms in total. The lowest BCUT2D eigenvalue weighted by atomic mass is 10.0. The number of rotatable bonds is 7. The number of aliphatic imine (C=N–C) groups is 1. The van der Waals surface area contributed by atoms with Crippen LogP contribution in [0.2, 0.25) is 0 Å². The van der Waals surface area contributed by atoms with E-state index in [4.69, 9.17) is 5.73 Å². The topological polar surface area (TPSA) is 63.3 Å². The molecule has 6 heteroatoms. The van der Waals surface area contributed by atoms with Gasteiger partial charge in [-0.05, 0) is 26.2 Å². The van der Waals surface area contributed by atoms with E-state index in [0.717, 1.165) is 18.0 Å². The van der Waals surface area contributed by atoms with Crippen LogP contribution in [0.4, 0.5) is 0 Å². The van der Waals surface area contributed by atoms with Crippen molar-refractivity contribution < 1.29 is 0 Å².